The first-order valence-electron chi connectivity index (χ1n) is 9.51. The van der Waals surface area contributed by atoms with Gasteiger partial charge in [-0.05, 0) is 44.0 Å². The molecule has 6 heteroatoms. The number of carbonyl (C=O) groups excluding carboxylic acids is 2. The van der Waals surface area contributed by atoms with Crippen molar-refractivity contribution in [3.8, 4) is 5.75 Å². The quantitative estimate of drug-likeness (QED) is 0.675. The molecule has 6 nitrogen and oxygen atoms in total. The van der Waals surface area contributed by atoms with Gasteiger partial charge < -0.3 is 19.5 Å². The van der Waals surface area contributed by atoms with Crippen molar-refractivity contribution >= 4 is 11.9 Å². The second kappa shape index (κ2) is 10.1. The van der Waals surface area contributed by atoms with E-state index in [1.807, 2.05) is 51.1 Å². The van der Waals surface area contributed by atoms with Gasteiger partial charge in [0.05, 0.1) is 7.11 Å². The SMILES string of the molecule is COC(=O)c1cc(C(CNC(C)(C)C)OC(C)=O)ccc1OCc1ccccc1. The van der Waals surface area contributed by atoms with Crippen LogP contribution in [0.4, 0.5) is 0 Å². The molecule has 1 unspecified atom stereocenters. The lowest BCUT2D eigenvalue weighted by Crippen LogP contribution is -2.39. The number of nitrogens with one attached hydrogen (secondary N) is 1. The van der Waals surface area contributed by atoms with Gasteiger partial charge in [0.1, 0.15) is 24.0 Å². The molecule has 156 valence electrons. The second-order valence-electron chi connectivity index (χ2n) is 7.75. The Kier molecular flexibility index (Phi) is 7.79. The van der Waals surface area contributed by atoms with E-state index in [1.54, 1.807) is 18.2 Å². The van der Waals surface area contributed by atoms with E-state index in [0.717, 1.165) is 5.56 Å². The van der Waals surface area contributed by atoms with Crippen molar-refractivity contribution < 1.29 is 23.8 Å². The molecular weight excluding hydrogens is 370 g/mol. The highest BCUT2D eigenvalue weighted by molar-refractivity contribution is 5.92. The zero-order valence-corrected chi connectivity index (χ0v) is 17.7. The molecule has 0 aliphatic heterocycles. The van der Waals surface area contributed by atoms with Gasteiger partial charge in [0, 0.05) is 19.0 Å². The summed E-state index contributed by atoms with van der Waals surface area (Å²) in [7, 11) is 1.32. The van der Waals surface area contributed by atoms with Crippen LogP contribution in [0.1, 0.15) is 55.3 Å². The normalized spacial score (nSPS) is 12.2. The maximum atomic E-state index is 12.3. The topological polar surface area (TPSA) is 73.9 Å². The second-order valence-corrected chi connectivity index (χ2v) is 7.75. The van der Waals surface area contributed by atoms with Gasteiger partial charge in [0.2, 0.25) is 0 Å². The number of carbonyl (C=O) groups is 2. The summed E-state index contributed by atoms with van der Waals surface area (Å²) in [6, 6.07) is 14.8. The van der Waals surface area contributed by atoms with Gasteiger partial charge in [-0.1, -0.05) is 36.4 Å². The molecule has 0 fully saturated rings. The average Bonchev–Trinajstić information content (AvgIpc) is 2.68. The van der Waals surface area contributed by atoms with Crippen LogP contribution in [0.2, 0.25) is 0 Å². The molecule has 2 aromatic carbocycles. The van der Waals surface area contributed by atoms with Crippen molar-refractivity contribution in [1.29, 1.82) is 0 Å². The van der Waals surface area contributed by atoms with Crippen molar-refractivity contribution in [3.05, 3.63) is 65.2 Å². The summed E-state index contributed by atoms with van der Waals surface area (Å²) in [6.45, 7) is 8.17. The number of methoxy groups -OCH3 is 1. The Balaban J connectivity index is 2.28. The van der Waals surface area contributed by atoms with Gasteiger partial charge in [0.25, 0.3) is 0 Å². The molecular formula is C23H29NO5. The highest BCUT2D eigenvalue weighted by Crippen LogP contribution is 2.27. The molecule has 0 saturated heterocycles. The Morgan fingerprint density at radius 2 is 1.76 bits per heavy atom. The van der Waals surface area contributed by atoms with Gasteiger partial charge in [-0.25, -0.2) is 4.79 Å². The highest BCUT2D eigenvalue weighted by atomic mass is 16.5. The van der Waals surface area contributed by atoms with Crippen molar-refractivity contribution in [1.82, 2.24) is 5.32 Å². The highest BCUT2D eigenvalue weighted by Gasteiger charge is 2.22. The van der Waals surface area contributed by atoms with Crippen LogP contribution in [0.3, 0.4) is 0 Å². The molecule has 2 rings (SSSR count). The van der Waals surface area contributed by atoms with E-state index in [4.69, 9.17) is 14.2 Å². The van der Waals surface area contributed by atoms with E-state index in [-0.39, 0.29) is 11.1 Å². The first kappa shape index (κ1) is 22.4. The fourth-order valence-electron chi connectivity index (χ4n) is 2.71. The monoisotopic (exact) mass is 399 g/mol. The molecule has 0 saturated carbocycles. The van der Waals surface area contributed by atoms with Gasteiger partial charge in [-0.15, -0.1) is 0 Å². The maximum Gasteiger partial charge on any atom is 0.341 e. The van der Waals surface area contributed by atoms with Crippen LogP contribution in [-0.2, 0) is 20.9 Å². The summed E-state index contributed by atoms with van der Waals surface area (Å²) in [5, 5.41) is 3.33. The zero-order valence-electron chi connectivity index (χ0n) is 17.7. The molecule has 29 heavy (non-hydrogen) atoms. The van der Waals surface area contributed by atoms with Crippen molar-refractivity contribution in [3.63, 3.8) is 0 Å². The molecule has 0 aliphatic carbocycles. The lowest BCUT2D eigenvalue weighted by Gasteiger charge is -2.25. The largest absolute Gasteiger partial charge is 0.488 e. The fraction of sp³-hybridized carbons (Fsp3) is 0.391. The lowest BCUT2D eigenvalue weighted by atomic mass is 10.0. The smallest absolute Gasteiger partial charge is 0.341 e. The molecule has 0 heterocycles. The van der Waals surface area contributed by atoms with Crippen LogP contribution in [-0.4, -0.2) is 31.1 Å². The number of hydrogen-bond acceptors (Lipinski definition) is 6. The maximum absolute atomic E-state index is 12.3. The summed E-state index contributed by atoms with van der Waals surface area (Å²) < 4.78 is 16.2. The number of ether oxygens (including phenoxy) is 3. The average molecular weight is 399 g/mol. The van der Waals surface area contributed by atoms with E-state index in [2.05, 4.69) is 5.32 Å². The fourth-order valence-corrected chi connectivity index (χ4v) is 2.71. The third-order valence-electron chi connectivity index (χ3n) is 4.14. The van der Waals surface area contributed by atoms with Gasteiger partial charge in [-0.2, -0.15) is 0 Å². The minimum Gasteiger partial charge on any atom is -0.488 e. The zero-order chi connectivity index (χ0) is 21.4. The van der Waals surface area contributed by atoms with E-state index >= 15 is 0 Å². The Hall–Kier alpha value is -2.86. The molecule has 0 aliphatic rings. The molecule has 0 spiro atoms. The summed E-state index contributed by atoms with van der Waals surface area (Å²) in [4.78, 5) is 23.9. The van der Waals surface area contributed by atoms with Crippen molar-refractivity contribution in [2.45, 2.75) is 45.9 Å². The molecule has 0 amide bonds. The summed E-state index contributed by atoms with van der Waals surface area (Å²) in [5.41, 5.74) is 1.81. The molecule has 0 radical (unpaired) electrons. The van der Waals surface area contributed by atoms with Crippen LogP contribution in [0.5, 0.6) is 5.75 Å². The molecule has 0 bridgehead atoms. The number of hydrogen-bond donors (Lipinski definition) is 1. The van der Waals surface area contributed by atoms with Crippen molar-refractivity contribution in [2.75, 3.05) is 13.7 Å². The predicted octanol–water partition coefficient (Wildman–Crippen LogP) is 4.04. The van der Waals surface area contributed by atoms with Crippen LogP contribution in [0, 0.1) is 0 Å². The lowest BCUT2D eigenvalue weighted by molar-refractivity contribution is -0.146. The van der Waals surface area contributed by atoms with Gasteiger partial charge in [0.15, 0.2) is 0 Å². The van der Waals surface area contributed by atoms with E-state index < -0.39 is 18.0 Å². The Bertz CT molecular complexity index is 827. The number of esters is 2. The molecule has 1 N–H and O–H groups in total. The van der Waals surface area contributed by atoms with Crippen LogP contribution in [0.25, 0.3) is 0 Å². The van der Waals surface area contributed by atoms with E-state index in [1.165, 1.54) is 14.0 Å². The predicted molar refractivity (Wildman–Crippen MR) is 111 cm³/mol. The standard InChI is InChI=1S/C23H29NO5/c1-16(25)29-21(14-24-23(2,3)4)18-11-12-20(19(13-18)22(26)27-5)28-15-17-9-7-6-8-10-17/h6-13,21,24H,14-15H2,1-5H3. The van der Waals surface area contributed by atoms with Crippen LogP contribution in [0.15, 0.2) is 48.5 Å². The number of rotatable bonds is 8. The molecule has 2 aromatic rings. The van der Waals surface area contributed by atoms with Crippen molar-refractivity contribution in [2.24, 2.45) is 0 Å². The number of benzene rings is 2. The Labute approximate surface area is 172 Å². The van der Waals surface area contributed by atoms with Crippen LogP contribution >= 0.6 is 0 Å². The molecule has 0 aromatic heterocycles. The van der Waals surface area contributed by atoms with Crippen LogP contribution < -0.4 is 10.1 Å². The third-order valence-corrected chi connectivity index (χ3v) is 4.14. The third kappa shape index (κ3) is 7.23. The minimum atomic E-state index is -0.543. The van der Waals surface area contributed by atoms with E-state index in [0.29, 0.717) is 24.5 Å². The molecule has 1 atom stereocenters. The summed E-state index contributed by atoms with van der Waals surface area (Å²) in [6.07, 6.45) is -0.543. The van der Waals surface area contributed by atoms with Gasteiger partial charge >= 0.3 is 11.9 Å². The van der Waals surface area contributed by atoms with E-state index in [9.17, 15) is 9.59 Å². The first-order valence-corrected chi connectivity index (χ1v) is 9.51. The van der Waals surface area contributed by atoms with Gasteiger partial charge in [-0.3, -0.25) is 4.79 Å². The first-order chi connectivity index (χ1) is 13.7. The Morgan fingerprint density at radius 3 is 2.34 bits per heavy atom. The Morgan fingerprint density at radius 1 is 1.07 bits per heavy atom. The summed E-state index contributed by atoms with van der Waals surface area (Å²) >= 11 is 0. The minimum absolute atomic E-state index is 0.150. The summed E-state index contributed by atoms with van der Waals surface area (Å²) in [5.74, 6) is -0.496.